The Kier molecular flexibility index (Phi) is 9.20. The number of carbonyl (C=O) groups excluding carboxylic acids is 2. The third-order valence-electron chi connectivity index (χ3n) is 3.92. The molecule has 0 aliphatic rings. The molecule has 0 heterocycles. The summed E-state index contributed by atoms with van der Waals surface area (Å²) in [7, 11) is 0. The van der Waals surface area contributed by atoms with E-state index in [2.05, 4.69) is 6.58 Å². The second-order valence-corrected chi connectivity index (χ2v) is 6.26. The Morgan fingerprint density at radius 2 is 1.92 bits per heavy atom. The van der Waals surface area contributed by atoms with Crippen LogP contribution in [0.25, 0.3) is 6.08 Å². The zero-order valence-corrected chi connectivity index (χ0v) is 15.5. The molecule has 5 nitrogen and oxygen atoms in total. The van der Waals surface area contributed by atoms with E-state index in [0.29, 0.717) is 31.2 Å². The number of phenols is 2. The monoisotopic (exact) mass is 360 g/mol. The van der Waals surface area contributed by atoms with Crippen molar-refractivity contribution in [2.24, 2.45) is 0 Å². The Balaban J connectivity index is 2.57. The summed E-state index contributed by atoms with van der Waals surface area (Å²) in [6.07, 6.45) is 8.62. The first-order valence-corrected chi connectivity index (χ1v) is 8.91. The number of aromatic hydroxyl groups is 2. The number of hydrogen-bond acceptors (Lipinski definition) is 5. The quantitative estimate of drug-likeness (QED) is 0.337. The molecule has 0 radical (unpaired) electrons. The molecular weight excluding hydrogens is 332 g/mol. The minimum absolute atomic E-state index is 0.0215. The lowest BCUT2D eigenvalue weighted by molar-refractivity contribution is -0.119. The van der Waals surface area contributed by atoms with E-state index in [9.17, 15) is 19.8 Å². The number of ether oxygens (including phenoxy) is 1. The van der Waals surface area contributed by atoms with Crippen molar-refractivity contribution in [3.63, 3.8) is 0 Å². The number of hydrogen-bond donors (Lipinski definition) is 2. The van der Waals surface area contributed by atoms with Gasteiger partial charge in [-0.1, -0.05) is 18.2 Å². The normalized spacial score (nSPS) is 12.1. The lowest BCUT2D eigenvalue weighted by Gasteiger charge is -2.15. The van der Waals surface area contributed by atoms with Gasteiger partial charge in [-0.2, -0.15) is 0 Å². The van der Waals surface area contributed by atoms with Gasteiger partial charge >= 0.3 is 5.97 Å². The molecule has 0 unspecified atom stereocenters. The lowest BCUT2D eigenvalue weighted by atomic mass is 10.0. The van der Waals surface area contributed by atoms with E-state index in [1.54, 1.807) is 32.1 Å². The van der Waals surface area contributed by atoms with Crippen LogP contribution in [0.3, 0.4) is 0 Å². The fourth-order valence-electron chi connectivity index (χ4n) is 2.62. The summed E-state index contributed by atoms with van der Waals surface area (Å²) in [5.41, 5.74) is 0.410. The summed E-state index contributed by atoms with van der Waals surface area (Å²) >= 11 is 0. The van der Waals surface area contributed by atoms with Gasteiger partial charge in [-0.05, 0) is 51.2 Å². The van der Waals surface area contributed by atoms with Crippen LogP contribution in [0.2, 0.25) is 0 Å². The second-order valence-electron chi connectivity index (χ2n) is 6.26. The van der Waals surface area contributed by atoms with Gasteiger partial charge in [0.05, 0.1) is 6.10 Å². The first-order chi connectivity index (χ1) is 12.4. The summed E-state index contributed by atoms with van der Waals surface area (Å²) in [5.74, 6) is -0.903. The molecule has 1 aromatic rings. The number of Topliss-reactive ketones (excluding diaryl/α,β-unsaturated/α-hetero) is 1. The number of esters is 1. The highest BCUT2D eigenvalue weighted by Gasteiger charge is 2.20. The minimum atomic E-state index is -0.652. The number of ketones is 1. The summed E-state index contributed by atoms with van der Waals surface area (Å²) < 4.78 is 5.39. The number of carbonyl (C=O) groups is 2. The van der Waals surface area contributed by atoms with Crippen LogP contribution in [-0.2, 0) is 9.53 Å². The van der Waals surface area contributed by atoms with Crippen molar-refractivity contribution in [3.05, 3.63) is 42.0 Å². The van der Waals surface area contributed by atoms with E-state index in [4.69, 9.17) is 4.74 Å². The standard InChI is InChI=1S/C21H28O5/c1-4-6-7-11-17(22)12-8-10-15(3)26-21(25)20-16(9-5-2)13-18(23)14-19(20)24/h4-5,9,13-15,23-24H,1,6-8,10-12H2,2-3H3/b9-5+/t15-/m0/s1. The molecule has 0 aromatic heterocycles. The molecular formula is C21H28O5. The highest BCUT2D eigenvalue weighted by atomic mass is 16.5. The van der Waals surface area contributed by atoms with Crippen LogP contribution < -0.4 is 0 Å². The summed E-state index contributed by atoms with van der Waals surface area (Å²) in [6, 6.07) is 2.50. The van der Waals surface area contributed by atoms with Crippen LogP contribution in [0, 0.1) is 0 Å². The van der Waals surface area contributed by atoms with Crippen molar-refractivity contribution in [3.8, 4) is 11.5 Å². The third kappa shape index (κ3) is 7.13. The predicted molar refractivity (Wildman–Crippen MR) is 102 cm³/mol. The Bertz CT molecular complexity index is 661. The van der Waals surface area contributed by atoms with Gasteiger partial charge in [0.15, 0.2) is 0 Å². The molecule has 26 heavy (non-hydrogen) atoms. The number of rotatable bonds is 11. The molecule has 1 aromatic carbocycles. The van der Waals surface area contributed by atoms with Gasteiger partial charge in [-0.15, -0.1) is 6.58 Å². The van der Waals surface area contributed by atoms with Gasteiger partial charge < -0.3 is 14.9 Å². The Morgan fingerprint density at radius 3 is 2.58 bits per heavy atom. The number of benzene rings is 1. The average Bonchev–Trinajstić information content (AvgIpc) is 2.54. The smallest absolute Gasteiger partial charge is 0.342 e. The number of unbranched alkanes of at least 4 members (excludes halogenated alkanes) is 1. The predicted octanol–water partition coefficient (Wildman–Crippen LogP) is 4.77. The Morgan fingerprint density at radius 1 is 1.23 bits per heavy atom. The first-order valence-electron chi connectivity index (χ1n) is 8.91. The zero-order valence-electron chi connectivity index (χ0n) is 15.5. The molecule has 0 bridgehead atoms. The van der Waals surface area contributed by atoms with E-state index in [-0.39, 0.29) is 28.9 Å². The van der Waals surface area contributed by atoms with Gasteiger partial charge in [-0.3, -0.25) is 4.79 Å². The molecule has 142 valence electrons. The topological polar surface area (TPSA) is 83.8 Å². The maximum atomic E-state index is 12.4. The first kappa shape index (κ1) is 21.5. The van der Waals surface area contributed by atoms with E-state index >= 15 is 0 Å². The summed E-state index contributed by atoms with van der Waals surface area (Å²) in [6.45, 7) is 7.15. The summed E-state index contributed by atoms with van der Waals surface area (Å²) in [4.78, 5) is 24.1. The van der Waals surface area contributed by atoms with E-state index in [1.807, 2.05) is 0 Å². The molecule has 0 amide bonds. The highest BCUT2D eigenvalue weighted by molar-refractivity contribution is 5.97. The lowest BCUT2D eigenvalue weighted by Crippen LogP contribution is -2.16. The molecule has 0 fully saturated rings. The highest BCUT2D eigenvalue weighted by Crippen LogP contribution is 2.29. The van der Waals surface area contributed by atoms with Crippen LogP contribution in [-0.4, -0.2) is 28.1 Å². The van der Waals surface area contributed by atoms with Crippen molar-refractivity contribution in [1.82, 2.24) is 0 Å². The van der Waals surface area contributed by atoms with Crippen molar-refractivity contribution >= 4 is 17.8 Å². The molecule has 0 spiro atoms. The number of phenolic OH excluding ortho intramolecular Hbond substituents is 2. The van der Waals surface area contributed by atoms with Crippen LogP contribution in [0.15, 0.2) is 30.9 Å². The van der Waals surface area contributed by atoms with Gasteiger partial charge in [-0.25, -0.2) is 4.79 Å². The van der Waals surface area contributed by atoms with Crippen molar-refractivity contribution in [1.29, 1.82) is 0 Å². The molecule has 0 aliphatic carbocycles. The van der Waals surface area contributed by atoms with Gasteiger partial charge in [0.25, 0.3) is 0 Å². The fraction of sp³-hybridized carbons (Fsp3) is 0.429. The van der Waals surface area contributed by atoms with Crippen LogP contribution >= 0.6 is 0 Å². The third-order valence-corrected chi connectivity index (χ3v) is 3.92. The van der Waals surface area contributed by atoms with Crippen molar-refractivity contribution < 1.29 is 24.5 Å². The molecule has 1 rings (SSSR count). The van der Waals surface area contributed by atoms with Crippen LogP contribution in [0.1, 0.15) is 68.3 Å². The van der Waals surface area contributed by atoms with Gasteiger partial charge in [0, 0.05) is 18.9 Å². The molecule has 0 saturated heterocycles. The zero-order chi connectivity index (χ0) is 19.5. The van der Waals surface area contributed by atoms with E-state index in [1.165, 1.54) is 6.07 Å². The SMILES string of the molecule is C=CCCCC(=O)CCC[C@H](C)OC(=O)c1c(O)cc(O)cc1/C=C/C. The summed E-state index contributed by atoms with van der Waals surface area (Å²) in [5, 5.41) is 19.6. The Labute approximate surface area is 155 Å². The van der Waals surface area contributed by atoms with Crippen LogP contribution in [0.5, 0.6) is 11.5 Å². The maximum Gasteiger partial charge on any atom is 0.342 e. The molecule has 2 N–H and O–H groups in total. The molecule has 0 aliphatic heterocycles. The van der Waals surface area contributed by atoms with Gasteiger partial charge in [0.1, 0.15) is 22.8 Å². The Hall–Kier alpha value is -2.56. The van der Waals surface area contributed by atoms with E-state index in [0.717, 1.165) is 18.9 Å². The molecule has 1 atom stereocenters. The maximum absolute atomic E-state index is 12.4. The molecule has 5 heteroatoms. The van der Waals surface area contributed by atoms with Crippen molar-refractivity contribution in [2.45, 2.75) is 58.5 Å². The van der Waals surface area contributed by atoms with Crippen molar-refractivity contribution in [2.75, 3.05) is 0 Å². The van der Waals surface area contributed by atoms with E-state index < -0.39 is 5.97 Å². The molecule has 0 saturated carbocycles. The average molecular weight is 360 g/mol. The fourth-order valence-corrected chi connectivity index (χ4v) is 2.62. The largest absolute Gasteiger partial charge is 0.508 e. The minimum Gasteiger partial charge on any atom is -0.508 e. The van der Waals surface area contributed by atoms with Gasteiger partial charge in [0.2, 0.25) is 0 Å². The number of allylic oxidation sites excluding steroid dienone is 2. The van der Waals surface area contributed by atoms with Crippen LogP contribution in [0.4, 0.5) is 0 Å². The second kappa shape index (κ2) is 11.1.